The van der Waals surface area contributed by atoms with Crippen molar-refractivity contribution in [3.63, 3.8) is 0 Å². The second-order valence-corrected chi connectivity index (χ2v) is 6.85. The Balaban J connectivity index is 2.33. The molecule has 0 aliphatic carbocycles. The lowest BCUT2D eigenvalue weighted by molar-refractivity contribution is 0.104. The van der Waals surface area contributed by atoms with Crippen LogP contribution in [0.3, 0.4) is 0 Å². The summed E-state index contributed by atoms with van der Waals surface area (Å²) in [4.78, 5) is 14.8. The Bertz CT molecular complexity index is 846. The van der Waals surface area contributed by atoms with Crippen molar-refractivity contribution in [2.75, 3.05) is 20.2 Å². The molecule has 2 rings (SSSR count). The normalized spacial score (nSPS) is 11.3. The highest BCUT2D eigenvalue weighted by molar-refractivity contribution is 6.35. The first-order valence-corrected chi connectivity index (χ1v) is 9.44. The van der Waals surface area contributed by atoms with Gasteiger partial charge in [-0.25, -0.2) is 0 Å². The number of aromatic hydroxyl groups is 1. The molecule has 0 heterocycles. The number of rotatable bonds is 8. The molecule has 0 atom stereocenters. The van der Waals surface area contributed by atoms with Gasteiger partial charge in [0.05, 0.1) is 12.7 Å². The SMILES string of the molecule is CCN(CC)Cc1cc(C(=O)/C=C/c2ccc(Cl)cc2Cl)c(O)cc1OC. The number of allylic oxidation sites excluding steroid dienone is 1. The van der Waals surface area contributed by atoms with E-state index < -0.39 is 0 Å². The van der Waals surface area contributed by atoms with E-state index in [4.69, 9.17) is 27.9 Å². The number of methoxy groups -OCH3 is 1. The molecule has 4 nitrogen and oxygen atoms in total. The van der Waals surface area contributed by atoms with Gasteiger partial charge in [-0.05, 0) is 49.0 Å². The minimum Gasteiger partial charge on any atom is -0.507 e. The zero-order chi connectivity index (χ0) is 20.0. The maximum absolute atomic E-state index is 12.6. The van der Waals surface area contributed by atoms with Gasteiger partial charge in [-0.15, -0.1) is 0 Å². The van der Waals surface area contributed by atoms with Crippen molar-refractivity contribution >= 4 is 35.1 Å². The molecule has 0 radical (unpaired) electrons. The number of hydrogen-bond donors (Lipinski definition) is 1. The molecule has 6 heteroatoms. The number of phenols is 1. The van der Waals surface area contributed by atoms with Gasteiger partial charge in [0.15, 0.2) is 5.78 Å². The van der Waals surface area contributed by atoms with Crippen molar-refractivity contribution in [3.05, 3.63) is 63.1 Å². The van der Waals surface area contributed by atoms with Crippen LogP contribution in [0.5, 0.6) is 11.5 Å². The van der Waals surface area contributed by atoms with E-state index in [1.165, 1.54) is 12.1 Å². The fourth-order valence-corrected chi connectivity index (χ4v) is 3.18. The van der Waals surface area contributed by atoms with Crippen LogP contribution in [0.25, 0.3) is 6.08 Å². The molecular formula is C21H23Cl2NO3. The lowest BCUT2D eigenvalue weighted by Gasteiger charge is -2.20. The van der Waals surface area contributed by atoms with Crippen molar-refractivity contribution in [2.45, 2.75) is 20.4 Å². The predicted molar refractivity (Wildman–Crippen MR) is 111 cm³/mol. The van der Waals surface area contributed by atoms with Crippen LogP contribution in [0, 0.1) is 0 Å². The van der Waals surface area contributed by atoms with E-state index in [-0.39, 0.29) is 17.1 Å². The van der Waals surface area contributed by atoms with Gasteiger partial charge < -0.3 is 9.84 Å². The van der Waals surface area contributed by atoms with Crippen molar-refractivity contribution in [1.29, 1.82) is 0 Å². The largest absolute Gasteiger partial charge is 0.507 e. The minimum atomic E-state index is -0.318. The number of carbonyl (C=O) groups is 1. The Kier molecular flexibility index (Phi) is 7.72. The first-order chi connectivity index (χ1) is 12.9. The van der Waals surface area contributed by atoms with Gasteiger partial charge in [0.1, 0.15) is 11.5 Å². The fraction of sp³-hybridized carbons (Fsp3) is 0.286. The van der Waals surface area contributed by atoms with Crippen LogP contribution in [-0.4, -0.2) is 36.0 Å². The number of ether oxygens (including phenoxy) is 1. The van der Waals surface area contributed by atoms with Crippen LogP contribution in [-0.2, 0) is 6.54 Å². The van der Waals surface area contributed by atoms with Gasteiger partial charge in [0.2, 0.25) is 0 Å². The quantitative estimate of drug-likeness (QED) is 0.467. The summed E-state index contributed by atoms with van der Waals surface area (Å²) in [6.45, 7) is 6.52. The molecule has 144 valence electrons. The van der Waals surface area contributed by atoms with E-state index in [9.17, 15) is 9.90 Å². The summed E-state index contributed by atoms with van der Waals surface area (Å²) in [6, 6.07) is 8.21. The third kappa shape index (κ3) is 5.48. The molecule has 0 aliphatic heterocycles. The van der Waals surface area contributed by atoms with Gasteiger partial charge in [-0.3, -0.25) is 9.69 Å². The fourth-order valence-electron chi connectivity index (χ4n) is 2.70. The maximum atomic E-state index is 12.6. The summed E-state index contributed by atoms with van der Waals surface area (Å²) in [5, 5.41) is 11.2. The molecule has 0 fully saturated rings. The molecule has 0 spiro atoms. The summed E-state index contributed by atoms with van der Waals surface area (Å²) in [5.74, 6) is 0.120. The molecule has 2 aromatic rings. The van der Waals surface area contributed by atoms with Gasteiger partial charge in [0.25, 0.3) is 0 Å². The Hall–Kier alpha value is -2.01. The van der Waals surface area contributed by atoms with Crippen LogP contribution in [0.1, 0.15) is 35.3 Å². The van der Waals surface area contributed by atoms with Crippen LogP contribution in [0.2, 0.25) is 10.0 Å². The highest BCUT2D eigenvalue weighted by Crippen LogP contribution is 2.30. The van der Waals surface area contributed by atoms with Gasteiger partial charge >= 0.3 is 0 Å². The molecular weight excluding hydrogens is 385 g/mol. The third-order valence-electron chi connectivity index (χ3n) is 4.33. The Morgan fingerprint density at radius 2 is 1.89 bits per heavy atom. The Morgan fingerprint density at radius 3 is 2.48 bits per heavy atom. The Labute approximate surface area is 170 Å². The molecule has 0 unspecified atom stereocenters. The molecule has 2 aromatic carbocycles. The summed E-state index contributed by atoms with van der Waals surface area (Å²) >= 11 is 12.0. The molecule has 0 bridgehead atoms. The second-order valence-electron chi connectivity index (χ2n) is 6.01. The number of phenolic OH excluding ortho intramolecular Hbond substituents is 1. The first-order valence-electron chi connectivity index (χ1n) is 8.69. The van der Waals surface area contributed by atoms with Crippen LogP contribution < -0.4 is 4.74 Å². The van der Waals surface area contributed by atoms with Crippen molar-refractivity contribution < 1.29 is 14.6 Å². The third-order valence-corrected chi connectivity index (χ3v) is 4.89. The number of hydrogen-bond acceptors (Lipinski definition) is 4. The van der Waals surface area contributed by atoms with Gasteiger partial charge in [0, 0.05) is 28.2 Å². The summed E-state index contributed by atoms with van der Waals surface area (Å²) in [7, 11) is 1.55. The molecule has 0 amide bonds. The number of benzene rings is 2. The summed E-state index contributed by atoms with van der Waals surface area (Å²) in [5.41, 5.74) is 1.74. The van der Waals surface area contributed by atoms with E-state index in [0.717, 1.165) is 18.7 Å². The molecule has 0 saturated heterocycles. The van der Waals surface area contributed by atoms with E-state index in [2.05, 4.69) is 18.7 Å². The molecule has 0 aliphatic rings. The Morgan fingerprint density at radius 1 is 1.19 bits per heavy atom. The van der Waals surface area contributed by atoms with Crippen molar-refractivity contribution in [3.8, 4) is 11.5 Å². The van der Waals surface area contributed by atoms with Gasteiger partial charge in [-0.2, -0.15) is 0 Å². The molecule has 0 saturated carbocycles. The zero-order valence-electron chi connectivity index (χ0n) is 15.6. The van der Waals surface area contributed by atoms with E-state index in [1.54, 1.807) is 37.5 Å². The average Bonchev–Trinajstić information content (AvgIpc) is 2.65. The lowest BCUT2D eigenvalue weighted by atomic mass is 10.0. The number of ketones is 1. The lowest BCUT2D eigenvalue weighted by Crippen LogP contribution is -2.22. The standard InChI is InChI=1S/C21H23Cl2NO3/c1-4-24(5-2)13-15-10-17(20(26)12-21(15)27-3)19(25)9-7-14-6-8-16(22)11-18(14)23/h6-12,26H,4-5,13H2,1-3H3/b9-7+. The monoisotopic (exact) mass is 407 g/mol. The predicted octanol–water partition coefficient (Wildman–Crippen LogP) is 5.45. The molecule has 1 N–H and O–H groups in total. The molecule has 0 aromatic heterocycles. The number of carbonyl (C=O) groups excluding carboxylic acids is 1. The van der Waals surface area contributed by atoms with E-state index in [1.807, 2.05) is 0 Å². The average molecular weight is 408 g/mol. The first kappa shape index (κ1) is 21.3. The smallest absolute Gasteiger partial charge is 0.189 e. The maximum Gasteiger partial charge on any atom is 0.189 e. The zero-order valence-corrected chi connectivity index (χ0v) is 17.1. The van der Waals surface area contributed by atoms with E-state index in [0.29, 0.717) is 27.9 Å². The van der Waals surface area contributed by atoms with Gasteiger partial charge in [-0.1, -0.05) is 43.1 Å². The highest BCUT2D eigenvalue weighted by atomic mass is 35.5. The molecule has 27 heavy (non-hydrogen) atoms. The number of nitrogens with zero attached hydrogens (tertiary/aromatic N) is 1. The van der Waals surface area contributed by atoms with Crippen LogP contribution in [0.4, 0.5) is 0 Å². The summed E-state index contributed by atoms with van der Waals surface area (Å²) in [6.07, 6.45) is 2.99. The second kappa shape index (κ2) is 9.79. The van der Waals surface area contributed by atoms with Crippen LogP contribution in [0.15, 0.2) is 36.4 Å². The minimum absolute atomic E-state index is 0.119. The van der Waals surface area contributed by atoms with Crippen LogP contribution >= 0.6 is 23.2 Å². The topological polar surface area (TPSA) is 49.8 Å². The van der Waals surface area contributed by atoms with E-state index >= 15 is 0 Å². The summed E-state index contributed by atoms with van der Waals surface area (Å²) < 4.78 is 5.36. The van der Waals surface area contributed by atoms with Crippen molar-refractivity contribution in [1.82, 2.24) is 4.90 Å². The number of halogens is 2. The highest BCUT2D eigenvalue weighted by Gasteiger charge is 2.16. The van der Waals surface area contributed by atoms with Crippen molar-refractivity contribution in [2.24, 2.45) is 0 Å².